The number of nitrogens with zero attached hydrogens (tertiary/aromatic N) is 2. The predicted octanol–water partition coefficient (Wildman–Crippen LogP) is 7.34. The molecule has 2 N–H and O–H groups in total. The monoisotopic (exact) mass is 590 g/mol. The van der Waals surface area contributed by atoms with E-state index in [9.17, 15) is 18.0 Å². The molecule has 5 rings (SSSR count). The quantitative estimate of drug-likeness (QED) is 0.131. The van der Waals surface area contributed by atoms with E-state index in [4.69, 9.17) is 9.47 Å². The number of amides is 1. The van der Waals surface area contributed by atoms with Gasteiger partial charge in [0.25, 0.3) is 0 Å². The van der Waals surface area contributed by atoms with Gasteiger partial charge in [0.05, 0.1) is 31.0 Å². The van der Waals surface area contributed by atoms with Crippen LogP contribution in [0.5, 0.6) is 11.5 Å². The molecule has 0 aliphatic carbocycles. The Bertz CT molecular complexity index is 1730. The highest BCUT2D eigenvalue weighted by molar-refractivity contribution is 7.13. The Morgan fingerprint density at radius 2 is 1.81 bits per heavy atom. The summed E-state index contributed by atoms with van der Waals surface area (Å²) in [6.45, 7) is 0.370. The van der Waals surface area contributed by atoms with E-state index in [1.165, 1.54) is 29.7 Å². The van der Waals surface area contributed by atoms with E-state index in [0.717, 1.165) is 28.5 Å². The van der Waals surface area contributed by atoms with Crippen LogP contribution in [0.3, 0.4) is 0 Å². The molecule has 7 nitrogen and oxygen atoms in total. The summed E-state index contributed by atoms with van der Waals surface area (Å²) < 4.78 is 50.4. The summed E-state index contributed by atoms with van der Waals surface area (Å²) >= 11 is 1.18. The Hall–Kier alpha value is -4.90. The van der Waals surface area contributed by atoms with Crippen molar-refractivity contribution < 1.29 is 27.4 Å². The zero-order valence-electron chi connectivity index (χ0n) is 22.3. The van der Waals surface area contributed by atoms with Gasteiger partial charge in [-0.3, -0.25) is 4.79 Å². The number of carbonyl (C=O) groups is 1. The van der Waals surface area contributed by atoms with Crippen molar-refractivity contribution in [2.24, 2.45) is 5.10 Å². The minimum atomic E-state index is -4.44. The first-order valence-electron chi connectivity index (χ1n) is 12.8. The van der Waals surface area contributed by atoms with Gasteiger partial charge in [0, 0.05) is 11.1 Å². The molecule has 0 aliphatic heterocycles. The van der Waals surface area contributed by atoms with Crippen molar-refractivity contribution in [2.45, 2.75) is 19.2 Å². The third-order valence-corrected chi connectivity index (χ3v) is 6.99. The second-order valence-electron chi connectivity index (χ2n) is 9.15. The first-order chi connectivity index (χ1) is 20.3. The van der Waals surface area contributed by atoms with Crippen molar-refractivity contribution in [3.63, 3.8) is 0 Å². The summed E-state index contributed by atoms with van der Waals surface area (Å²) in [5.41, 5.74) is 4.14. The number of hydrazone groups is 1. The summed E-state index contributed by atoms with van der Waals surface area (Å²) in [7, 11) is 1.55. The van der Waals surface area contributed by atoms with Gasteiger partial charge < -0.3 is 14.8 Å². The first kappa shape index (κ1) is 28.6. The maximum Gasteiger partial charge on any atom is 0.416 e. The summed E-state index contributed by atoms with van der Waals surface area (Å²) in [6.07, 6.45) is -3.01. The van der Waals surface area contributed by atoms with Crippen LogP contribution in [0.2, 0.25) is 0 Å². The fourth-order valence-electron chi connectivity index (χ4n) is 4.18. The number of carbonyl (C=O) groups excluding carboxylic acids is 1. The number of hydrogen-bond acceptors (Lipinski definition) is 7. The third kappa shape index (κ3) is 7.24. The van der Waals surface area contributed by atoms with Gasteiger partial charge in [0.1, 0.15) is 6.61 Å². The second-order valence-corrected chi connectivity index (χ2v) is 10.0. The Morgan fingerprint density at radius 1 is 1.00 bits per heavy atom. The van der Waals surface area contributed by atoms with Crippen molar-refractivity contribution in [3.8, 4) is 11.5 Å². The molecule has 1 aromatic heterocycles. The molecular weight excluding hydrogens is 565 g/mol. The molecular formula is C31H25F3N4O3S. The van der Waals surface area contributed by atoms with E-state index in [-0.39, 0.29) is 12.1 Å². The maximum absolute atomic E-state index is 12.9. The summed E-state index contributed by atoms with van der Waals surface area (Å²) in [4.78, 5) is 16.6. The van der Waals surface area contributed by atoms with Crippen molar-refractivity contribution in [3.05, 3.63) is 113 Å². The standard InChI is InChI=1S/C31H25F3N4O3S/c1-40-28-14-20(12-13-27(28)41-18-22-8-4-7-21-6-2-3-11-26(21)22)17-35-38-29(39)16-25-19-42-30(37-25)36-24-10-5-9-23(15-24)31(32,33)34/h2-15,17,19H,16,18H2,1H3,(H,36,37)(H,38,39)/b35-17-. The fourth-order valence-corrected chi connectivity index (χ4v) is 4.91. The zero-order chi connectivity index (χ0) is 29.5. The van der Waals surface area contributed by atoms with Crippen LogP contribution in [-0.2, 0) is 24.0 Å². The minimum absolute atomic E-state index is 0.0532. The molecule has 1 amide bonds. The van der Waals surface area contributed by atoms with Crippen molar-refractivity contribution in [2.75, 3.05) is 12.4 Å². The van der Waals surface area contributed by atoms with E-state index in [2.05, 4.69) is 39.0 Å². The smallest absolute Gasteiger partial charge is 0.416 e. The highest BCUT2D eigenvalue weighted by Gasteiger charge is 2.30. The minimum Gasteiger partial charge on any atom is -0.493 e. The van der Waals surface area contributed by atoms with Gasteiger partial charge in [-0.05, 0) is 58.3 Å². The lowest BCUT2D eigenvalue weighted by Gasteiger charge is -2.12. The number of benzene rings is 4. The fraction of sp³-hybridized carbons (Fsp3) is 0.129. The van der Waals surface area contributed by atoms with Crippen LogP contribution in [0.25, 0.3) is 10.8 Å². The van der Waals surface area contributed by atoms with Crippen molar-refractivity contribution in [1.82, 2.24) is 10.4 Å². The Balaban J connectivity index is 1.14. The Morgan fingerprint density at radius 3 is 2.64 bits per heavy atom. The van der Waals surface area contributed by atoms with Crippen molar-refractivity contribution in [1.29, 1.82) is 0 Å². The summed E-state index contributed by atoms with van der Waals surface area (Å²) in [6, 6.07) is 24.3. The SMILES string of the molecule is COc1cc(/C=N\NC(=O)Cc2csc(Nc3cccc(C(F)(F)F)c3)n2)ccc1OCc1cccc2ccccc12. The van der Waals surface area contributed by atoms with E-state index in [1.54, 1.807) is 30.7 Å². The molecule has 0 aliphatic rings. The van der Waals surface area contributed by atoms with Gasteiger partial charge in [-0.25, -0.2) is 10.4 Å². The number of ether oxygens (including phenoxy) is 2. The molecule has 0 spiro atoms. The molecule has 0 saturated heterocycles. The van der Waals surface area contributed by atoms with Crippen LogP contribution in [0.4, 0.5) is 24.0 Å². The molecule has 0 atom stereocenters. The number of aromatic nitrogens is 1. The molecule has 42 heavy (non-hydrogen) atoms. The first-order valence-corrected chi connectivity index (χ1v) is 13.6. The molecule has 11 heteroatoms. The van der Waals surface area contributed by atoms with Gasteiger partial charge in [-0.15, -0.1) is 11.3 Å². The average Bonchev–Trinajstić information content (AvgIpc) is 3.42. The lowest BCUT2D eigenvalue weighted by molar-refractivity contribution is -0.137. The molecule has 214 valence electrons. The van der Waals surface area contributed by atoms with E-state index in [0.29, 0.717) is 34.5 Å². The number of fused-ring (bicyclic) bond motifs is 1. The molecule has 0 unspecified atom stereocenters. The molecule has 0 bridgehead atoms. The molecule has 0 saturated carbocycles. The number of hydrogen-bond donors (Lipinski definition) is 2. The molecule has 1 heterocycles. The predicted molar refractivity (Wildman–Crippen MR) is 158 cm³/mol. The van der Waals surface area contributed by atoms with Gasteiger partial charge in [0.15, 0.2) is 16.6 Å². The maximum atomic E-state index is 12.9. The number of alkyl halides is 3. The molecule has 0 fully saturated rings. The normalized spacial score (nSPS) is 11.5. The van der Waals surface area contributed by atoms with Gasteiger partial charge >= 0.3 is 6.18 Å². The number of nitrogens with one attached hydrogen (secondary N) is 2. The molecule has 5 aromatic rings. The largest absolute Gasteiger partial charge is 0.493 e. The number of anilines is 2. The van der Waals surface area contributed by atoms with Gasteiger partial charge in [0.2, 0.25) is 5.91 Å². The highest BCUT2D eigenvalue weighted by atomic mass is 32.1. The van der Waals surface area contributed by atoms with E-state index >= 15 is 0 Å². The third-order valence-electron chi connectivity index (χ3n) is 6.19. The van der Waals surface area contributed by atoms with Crippen molar-refractivity contribution >= 4 is 45.0 Å². The van der Waals surface area contributed by atoms with E-state index < -0.39 is 17.6 Å². The van der Waals surface area contributed by atoms with Gasteiger partial charge in [-0.2, -0.15) is 18.3 Å². The number of methoxy groups -OCH3 is 1. The lowest BCUT2D eigenvalue weighted by Crippen LogP contribution is -2.19. The molecule has 4 aromatic carbocycles. The second kappa shape index (κ2) is 12.7. The average molecular weight is 591 g/mol. The van der Waals surface area contributed by atoms with Crippen LogP contribution in [0.1, 0.15) is 22.4 Å². The molecule has 0 radical (unpaired) electrons. The van der Waals surface area contributed by atoms with Crippen LogP contribution in [0, 0.1) is 0 Å². The number of rotatable bonds is 10. The van der Waals surface area contributed by atoms with Crippen LogP contribution >= 0.6 is 11.3 Å². The topological polar surface area (TPSA) is 84.8 Å². The van der Waals surface area contributed by atoms with E-state index in [1.807, 2.05) is 24.3 Å². The van der Waals surface area contributed by atoms with Crippen LogP contribution in [0.15, 0.2) is 95.4 Å². The lowest BCUT2D eigenvalue weighted by atomic mass is 10.1. The Kier molecular flexibility index (Phi) is 8.68. The van der Waals surface area contributed by atoms with Crippen LogP contribution in [-0.4, -0.2) is 24.2 Å². The summed E-state index contributed by atoms with van der Waals surface area (Å²) in [5.74, 6) is 0.697. The highest BCUT2D eigenvalue weighted by Crippen LogP contribution is 2.32. The number of halogens is 3. The summed E-state index contributed by atoms with van der Waals surface area (Å²) in [5, 5.41) is 11.1. The number of thiazole rings is 1. The van der Waals surface area contributed by atoms with Gasteiger partial charge in [-0.1, -0.05) is 48.5 Å². The Labute approximate surface area is 243 Å². The van der Waals surface area contributed by atoms with Crippen LogP contribution < -0.4 is 20.2 Å². The zero-order valence-corrected chi connectivity index (χ0v) is 23.1.